The van der Waals surface area contributed by atoms with Crippen molar-refractivity contribution in [3.8, 4) is 0 Å². The molecule has 3 rings (SSSR count). The molecule has 2 heterocycles. The lowest BCUT2D eigenvalue weighted by atomic mass is 9.92. The highest BCUT2D eigenvalue weighted by Gasteiger charge is 2.28. The predicted molar refractivity (Wildman–Crippen MR) is 82.2 cm³/mol. The number of hydrogen-bond donors (Lipinski definition) is 1. The maximum Gasteiger partial charge on any atom is 0.253 e. The molecule has 2 aliphatic heterocycles. The van der Waals surface area contributed by atoms with Crippen LogP contribution in [0.1, 0.15) is 30.7 Å². The number of nitrogens with zero attached hydrogens (tertiary/aromatic N) is 1. The molecule has 1 amide bonds. The second-order valence-electron chi connectivity index (χ2n) is 5.93. The number of carbonyl (C=O) groups is 1. The second kappa shape index (κ2) is 7.05. The SMILES string of the molecule is O=C(C1CNCCO1)N1CCCC(c2ccccc2)CC1. The molecule has 0 spiro atoms. The summed E-state index contributed by atoms with van der Waals surface area (Å²) >= 11 is 0. The Bertz CT molecular complexity index is 457. The third-order valence-electron chi connectivity index (χ3n) is 4.51. The van der Waals surface area contributed by atoms with Gasteiger partial charge in [0.1, 0.15) is 6.10 Å². The quantitative estimate of drug-likeness (QED) is 0.902. The fourth-order valence-corrected chi connectivity index (χ4v) is 3.30. The van der Waals surface area contributed by atoms with E-state index in [4.69, 9.17) is 4.74 Å². The third kappa shape index (κ3) is 3.63. The minimum Gasteiger partial charge on any atom is -0.366 e. The zero-order valence-corrected chi connectivity index (χ0v) is 12.5. The predicted octanol–water partition coefficient (Wildman–Crippen LogP) is 1.77. The number of nitrogens with one attached hydrogen (secondary N) is 1. The molecule has 0 aliphatic carbocycles. The summed E-state index contributed by atoms with van der Waals surface area (Å²) in [6, 6.07) is 10.7. The van der Waals surface area contributed by atoms with Gasteiger partial charge in [-0.15, -0.1) is 0 Å². The van der Waals surface area contributed by atoms with Gasteiger partial charge in [-0.3, -0.25) is 4.79 Å². The Hall–Kier alpha value is -1.39. The topological polar surface area (TPSA) is 41.6 Å². The minimum atomic E-state index is -0.285. The van der Waals surface area contributed by atoms with Gasteiger partial charge >= 0.3 is 0 Å². The molecule has 1 aromatic rings. The number of benzene rings is 1. The van der Waals surface area contributed by atoms with E-state index in [1.807, 2.05) is 4.90 Å². The molecule has 1 N–H and O–H groups in total. The number of hydrogen-bond acceptors (Lipinski definition) is 3. The Kier molecular flexibility index (Phi) is 4.88. The van der Waals surface area contributed by atoms with Crippen molar-refractivity contribution in [1.29, 1.82) is 0 Å². The lowest BCUT2D eigenvalue weighted by Crippen LogP contribution is -2.49. The average molecular weight is 288 g/mol. The first-order valence-electron chi connectivity index (χ1n) is 8.00. The molecule has 2 unspecified atom stereocenters. The highest BCUT2D eigenvalue weighted by atomic mass is 16.5. The number of carbonyl (C=O) groups excluding carboxylic acids is 1. The fraction of sp³-hybridized carbons (Fsp3) is 0.588. The summed E-state index contributed by atoms with van der Waals surface area (Å²) in [4.78, 5) is 14.5. The zero-order valence-electron chi connectivity index (χ0n) is 12.5. The minimum absolute atomic E-state index is 0.163. The van der Waals surface area contributed by atoms with Crippen molar-refractivity contribution in [2.75, 3.05) is 32.8 Å². The number of likely N-dealkylation sites (tertiary alicyclic amines) is 1. The van der Waals surface area contributed by atoms with Crippen LogP contribution in [0.2, 0.25) is 0 Å². The molecule has 2 saturated heterocycles. The summed E-state index contributed by atoms with van der Waals surface area (Å²) < 4.78 is 5.59. The van der Waals surface area contributed by atoms with Crippen LogP contribution in [0.25, 0.3) is 0 Å². The Morgan fingerprint density at radius 2 is 2.05 bits per heavy atom. The number of rotatable bonds is 2. The number of ether oxygens (including phenoxy) is 1. The molecular formula is C17H24N2O2. The van der Waals surface area contributed by atoms with Gasteiger partial charge in [-0.05, 0) is 30.7 Å². The highest BCUT2D eigenvalue weighted by Crippen LogP contribution is 2.28. The molecule has 2 fully saturated rings. The summed E-state index contributed by atoms with van der Waals surface area (Å²) in [5.74, 6) is 0.741. The molecule has 4 heteroatoms. The first-order chi connectivity index (χ1) is 10.3. The van der Waals surface area contributed by atoms with E-state index in [-0.39, 0.29) is 12.0 Å². The van der Waals surface area contributed by atoms with Crippen molar-refractivity contribution in [2.24, 2.45) is 0 Å². The van der Waals surface area contributed by atoms with Gasteiger partial charge in [0.15, 0.2) is 0 Å². The Morgan fingerprint density at radius 1 is 1.19 bits per heavy atom. The standard InChI is InChI=1S/C17H24N2O2/c20-17(16-13-18-9-12-21-16)19-10-4-7-15(8-11-19)14-5-2-1-3-6-14/h1-3,5-6,15-16,18H,4,7-13H2. The number of amides is 1. The van der Waals surface area contributed by atoms with Crippen LogP contribution in [0.5, 0.6) is 0 Å². The van der Waals surface area contributed by atoms with Gasteiger partial charge in [-0.1, -0.05) is 30.3 Å². The van der Waals surface area contributed by atoms with Crippen LogP contribution in [0.4, 0.5) is 0 Å². The van der Waals surface area contributed by atoms with Crippen molar-refractivity contribution in [3.63, 3.8) is 0 Å². The van der Waals surface area contributed by atoms with Crippen molar-refractivity contribution in [1.82, 2.24) is 10.2 Å². The molecule has 0 aromatic heterocycles. The van der Waals surface area contributed by atoms with Crippen LogP contribution < -0.4 is 5.32 Å². The maximum atomic E-state index is 12.5. The van der Waals surface area contributed by atoms with Gasteiger partial charge in [-0.2, -0.15) is 0 Å². The van der Waals surface area contributed by atoms with E-state index >= 15 is 0 Å². The molecule has 0 bridgehead atoms. The van der Waals surface area contributed by atoms with E-state index in [0.717, 1.165) is 38.9 Å². The first kappa shape index (κ1) is 14.5. The van der Waals surface area contributed by atoms with Gasteiger partial charge < -0.3 is 15.0 Å². The molecule has 1 aromatic carbocycles. The first-order valence-corrected chi connectivity index (χ1v) is 8.00. The molecule has 2 atom stereocenters. The summed E-state index contributed by atoms with van der Waals surface area (Å²) in [6.07, 6.45) is 3.01. The van der Waals surface area contributed by atoms with Crippen LogP contribution >= 0.6 is 0 Å². The fourth-order valence-electron chi connectivity index (χ4n) is 3.30. The Labute approximate surface area is 126 Å². The Balaban J connectivity index is 1.59. The van der Waals surface area contributed by atoms with E-state index in [9.17, 15) is 4.79 Å². The summed E-state index contributed by atoms with van der Waals surface area (Å²) in [6.45, 7) is 3.84. The van der Waals surface area contributed by atoms with Crippen molar-refractivity contribution < 1.29 is 9.53 Å². The van der Waals surface area contributed by atoms with Crippen LogP contribution in [-0.2, 0) is 9.53 Å². The van der Waals surface area contributed by atoms with E-state index in [1.54, 1.807) is 0 Å². The zero-order chi connectivity index (χ0) is 14.5. The average Bonchev–Trinajstić information content (AvgIpc) is 2.82. The van der Waals surface area contributed by atoms with Gasteiger partial charge in [0.05, 0.1) is 6.61 Å². The lowest BCUT2D eigenvalue weighted by Gasteiger charge is -2.29. The van der Waals surface area contributed by atoms with Crippen molar-refractivity contribution >= 4 is 5.91 Å². The highest BCUT2D eigenvalue weighted by molar-refractivity contribution is 5.81. The van der Waals surface area contributed by atoms with Crippen LogP contribution in [0, 0.1) is 0 Å². The molecule has 0 radical (unpaired) electrons. The van der Waals surface area contributed by atoms with Gasteiger partial charge in [0.25, 0.3) is 5.91 Å². The van der Waals surface area contributed by atoms with Gasteiger partial charge in [0.2, 0.25) is 0 Å². The summed E-state index contributed by atoms with van der Waals surface area (Å²) in [5, 5.41) is 3.23. The van der Waals surface area contributed by atoms with E-state index in [0.29, 0.717) is 19.1 Å². The monoisotopic (exact) mass is 288 g/mol. The molecule has 2 aliphatic rings. The van der Waals surface area contributed by atoms with E-state index in [2.05, 4.69) is 35.6 Å². The van der Waals surface area contributed by atoms with Gasteiger partial charge in [-0.25, -0.2) is 0 Å². The maximum absolute atomic E-state index is 12.5. The second-order valence-corrected chi connectivity index (χ2v) is 5.93. The third-order valence-corrected chi connectivity index (χ3v) is 4.51. The van der Waals surface area contributed by atoms with Crippen molar-refractivity contribution in [3.05, 3.63) is 35.9 Å². The molecule has 21 heavy (non-hydrogen) atoms. The largest absolute Gasteiger partial charge is 0.366 e. The molecule has 0 saturated carbocycles. The van der Waals surface area contributed by atoms with Crippen molar-refractivity contribution in [2.45, 2.75) is 31.3 Å². The summed E-state index contributed by atoms with van der Waals surface area (Å²) in [7, 11) is 0. The smallest absolute Gasteiger partial charge is 0.253 e. The molecular weight excluding hydrogens is 264 g/mol. The number of morpholine rings is 1. The molecule has 114 valence electrons. The van der Waals surface area contributed by atoms with Gasteiger partial charge in [0, 0.05) is 26.2 Å². The normalized spacial score (nSPS) is 27.1. The van der Waals surface area contributed by atoms with E-state index in [1.165, 1.54) is 5.56 Å². The summed E-state index contributed by atoms with van der Waals surface area (Å²) in [5.41, 5.74) is 1.40. The van der Waals surface area contributed by atoms with Crippen LogP contribution in [0.3, 0.4) is 0 Å². The lowest BCUT2D eigenvalue weighted by molar-refractivity contribution is -0.145. The molecule has 4 nitrogen and oxygen atoms in total. The van der Waals surface area contributed by atoms with E-state index < -0.39 is 0 Å². The van der Waals surface area contributed by atoms with Crippen LogP contribution in [0.15, 0.2) is 30.3 Å². The Morgan fingerprint density at radius 3 is 2.81 bits per heavy atom. The van der Waals surface area contributed by atoms with Crippen LogP contribution in [-0.4, -0.2) is 49.7 Å².